The first-order chi connectivity index (χ1) is 9.47. The fraction of sp³-hybridized carbons (Fsp3) is 0.714. The van der Waals surface area contributed by atoms with Crippen LogP contribution in [0.5, 0.6) is 0 Å². The third-order valence-corrected chi connectivity index (χ3v) is 3.97. The lowest BCUT2D eigenvalue weighted by atomic mass is 10.1. The standard InChI is InChI=1S/C14H24N2O3S/c1-5-16(8-7-12(17)19-6-2)9-11-13(10(3)4)15-14(18)20-11/h10H,5-9H2,1-4H3,(H,15,18). The highest BCUT2D eigenvalue weighted by Gasteiger charge is 2.15. The van der Waals surface area contributed by atoms with Crippen molar-refractivity contribution in [1.29, 1.82) is 0 Å². The zero-order valence-corrected chi connectivity index (χ0v) is 13.5. The van der Waals surface area contributed by atoms with Crippen LogP contribution in [0, 0.1) is 0 Å². The number of carbonyl (C=O) groups is 1. The number of thiazole rings is 1. The molecule has 114 valence electrons. The van der Waals surface area contributed by atoms with Gasteiger partial charge in [-0.05, 0) is 19.4 Å². The van der Waals surface area contributed by atoms with E-state index in [0.717, 1.165) is 17.1 Å². The Labute approximate surface area is 124 Å². The second-order valence-electron chi connectivity index (χ2n) is 4.93. The fourth-order valence-corrected chi connectivity index (χ4v) is 3.02. The highest BCUT2D eigenvalue weighted by atomic mass is 32.1. The molecule has 1 rings (SSSR count). The van der Waals surface area contributed by atoms with E-state index < -0.39 is 0 Å². The number of nitrogens with zero attached hydrogens (tertiary/aromatic N) is 1. The van der Waals surface area contributed by atoms with Gasteiger partial charge >= 0.3 is 10.8 Å². The van der Waals surface area contributed by atoms with E-state index >= 15 is 0 Å². The Morgan fingerprint density at radius 3 is 2.65 bits per heavy atom. The van der Waals surface area contributed by atoms with E-state index in [9.17, 15) is 9.59 Å². The average Bonchev–Trinajstić information content (AvgIpc) is 2.76. The van der Waals surface area contributed by atoms with E-state index in [1.54, 1.807) is 0 Å². The Hall–Kier alpha value is -1.14. The van der Waals surface area contributed by atoms with E-state index in [2.05, 4.69) is 30.7 Å². The van der Waals surface area contributed by atoms with Crippen LogP contribution in [0.3, 0.4) is 0 Å². The lowest BCUT2D eigenvalue weighted by Crippen LogP contribution is -2.26. The quantitative estimate of drug-likeness (QED) is 0.749. The van der Waals surface area contributed by atoms with Crippen molar-refractivity contribution in [2.24, 2.45) is 0 Å². The largest absolute Gasteiger partial charge is 0.466 e. The van der Waals surface area contributed by atoms with Crippen molar-refractivity contribution in [1.82, 2.24) is 9.88 Å². The number of ether oxygens (including phenoxy) is 1. The molecule has 0 amide bonds. The van der Waals surface area contributed by atoms with Gasteiger partial charge in [0.2, 0.25) is 0 Å². The maximum Gasteiger partial charge on any atom is 0.307 e. The number of hydrogen-bond donors (Lipinski definition) is 1. The number of carbonyl (C=O) groups excluding carboxylic acids is 1. The van der Waals surface area contributed by atoms with Crippen LogP contribution in [0.15, 0.2) is 4.79 Å². The van der Waals surface area contributed by atoms with Gasteiger partial charge < -0.3 is 9.72 Å². The summed E-state index contributed by atoms with van der Waals surface area (Å²) >= 11 is 1.26. The van der Waals surface area contributed by atoms with Gasteiger partial charge in [-0.3, -0.25) is 14.5 Å². The van der Waals surface area contributed by atoms with Crippen molar-refractivity contribution in [3.05, 3.63) is 20.2 Å². The minimum Gasteiger partial charge on any atom is -0.466 e. The molecule has 0 aliphatic heterocycles. The molecule has 0 fully saturated rings. The number of aromatic nitrogens is 1. The van der Waals surface area contributed by atoms with Crippen molar-refractivity contribution < 1.29 is 9.53 Å². The zero-order chi connectivity index (χ0) is 15.1. The second-order valence-corrected chi connectivity index (χ2v) is 6.00. The summed E-state index contributed by atoms with van der Waals surface area (Å²) in [4.78, 5) is 29.0. The van der Waals surface area contributed by atoms with Crippen LogP contribution < -0.4 is 4.87 Å². The Morgan fingerprint density at radius 1 is 1.40 bits per heavy atom. The summed E-state index contributed by atoms with van der Waals surface area (Å²) in [7, 11) is 0. The van der Waals surface area contributed by atoms with Crippen molar-refractivity contribution in [2.75, 3.05) is 19.7 Å². The first-order valence-electron chi connectivity index (χ1n) is 7.07. The van der Waals surface area contributed by atoms with Gasteiger partial charge in [-0.1, -0.05) is 32.1 Å². The summed E-state index contributed by atoms with van der Waals surface area (Å²) in [6.45, 7) is 10.6. The minimum atomic E-state index is -0.169. The van der Waals surface area contributed by atoms with E-state index in [1.165, 1.54) is 11.3 Å². The molecule has 0 aliphatic carbocycles. The Balaban J connectivity index is 2.64. The molecule has 5 nitrogen and oxygen atoms in total. The van der Waals surface area contributed by atoms with Gasteiger partial charge in [-0.25, -0.2) is 0 Å². The van der Waals surface area contributed by atoms with Gasteiger partial charge in [-0.2, -0.15) is 0 Å². The van der Waals surface area contributed by atoms with Crippen LogP contribution >= 0.6 is 11.3 Å². The van der Waals surface area contributed by atoms with Crippen LogP contribution in [0.2, 0.25) is 0 Å². The number of nitrogens with one attached hydrogen (secondary N) is 1. The number of rotatable bonds is 8. The molecular weight excluding hydrogens is 276 g/mol. The maximum atomic E-state index is 11.5. The first-order valence-corrected chi connectivity index (χ1v) is 7.89. The molecule has 20 heavy (non-hydrogen) atoms. The molecule has 0 unspecified atom stereocenters. The second kappa shape index (κ2) is 8.21. The molecular formula is C14H24N2O3S. The molecule has 0 spiro atoms. The molecule has 1 heterocycles. The normalized spacial score (nSPS) is 11.3. The molecule has 0 bridgehead atoms. The van der Waals surface area contributed by atoms with Gasteiger partial charge in [0.1, 0.15) is 0 Å². The lowest BCUT2D eigenvalue weighted by Gasteiger charge is -2.20. The third-order valence-electron chi connectivity index (χ3n) is 3.08. The molecule has 1 aromatic rings. The van der Waals surface area contributed by atoms with Crippen molar-refractivity contribution >= 4 is 17.3 Å². The van der Waals surface area contributed by atoms with Crippen LogP contribution in [0.25, 0.3) is 0 Å². The molecule has 6 heteroatoms. The topological polar surface area (TPSA) is 62.4 Å². The Morgan fingerprint density at radius 2 is 2.10 bits per heavy atom. The summed E-state index contributed by atoms with van der Waals surface area (Å²) in [5, 5.41) is 0. The van der Waals surface area contributed by atoms with Crippen molar-refractivity contribution in [3.8, 4) is 0 Å². The van der Waals surface area contributed by atoms with Crippen molar-refractivity contribution in [2.45, 2.75) is 46.6 Å². The van der Waals surface area contributed by atoms with Gasteiger partial charge in [0.25, 0.3) is 0 Å². The summed E-state index contributed by atoms with van der Waals surface area (Å²) in [5.41, 5.74) is 1.01. The Bertz CT molecular complexity index is 479. The monoisotopic (exact) mass is 300 g/mol. The van der Waals surface area contributed by atoms with Crippen molar-refractivity contribution in [3.63, 3.8) is 0 Å². The van der Waals surface area contributed by atoms with Gasteiger partial charge in [0.15, 0.2) is 0 Å². The van der Waals surface area contributed by atoms with Gasteiger partial charge in [0.05, 0.1) is 13.0 Å². The summed E-state index contributed by atoms with van der Waals surface area (Å²) in [6, 6.07) is 0. The van der Waals surface area contributed by atoms with E-state index in [0.29, 0.717) is 32.0 Å². The van der Waals surface area contributed by atoms with Gasteiger partial charge in [0, 0.05) is 23.7 Å². The summed E-state index contributed by atoms with van der Waals surface area (Å²) in [5.74, 6) is 0.130. The molecule has 1 N–H and O–H groups in total. The molecule has 0 atom stereocenters. The van der Waals surface area contributed by atoms with Crippen LogP contribution in [-0.4, -0.2) is 35.5 Å². The predicted octanol–water partition coefficient (Wildman–Crippen LogP) is 2.33. The number of esters is 1. The average molecular weight is 300 g/mol. The number of aromatic amines is 1. The molecule has 0 aromatic carbocycles. The number of hydrogen-bond acceptors (Lipinski definition) is 5. The zero-order valence-electron chi connectivity index (χ0n) is 12.7. The first kappa shape index (κ1) is 16.9. The summed E-state index contributed by atoms with van der Waals surface area (Å²) in [6.07, 6.45) is 0.387. The third kappa shape index (κ3) is 5.09. The van der Waals surface area contributed by atoms with Crippen LogP contribution in [0.1, 0.15) is 50.6 Å². The SMILES string of the molecule is CCOC(=O)CCN(CC)Cc1sc(=O)[nH]c1C(C)C. The number of H-pyrrole nitrogens is 1. The maximum absolute atomic E-state index is 11.5. The lowest BCUT2D eigenvalue weighted by molar-refractivity contribution is -0.143. The van der Waals surface area contributed by atoms with Crippen LogP contribution in [0.4, 0.5) is 0 Å². The minimum absolute atomic E-state index is 0.00912. The molecule has 1 aromatic heterocycles. The molecule has 0 saturated carbocycles. The molecule has 0 radical (unpaired) electrons. The highest BCUT2D eigenvalue weighted by molar-refractivity contribution is 7.09. The Kier molecular flexibility index (Phi) is 6.95. The molecule has 0 saturated heterocycles. The molecule has 0 aliphatic rings. The highest BCUT2D eigenvalue weighted by Crippen LogP contribution is 2.20. The van der Waals surface area contributed by atoms with Gasteiger partial charge in [-0.15, -0.1) is 0 Å². The predicted molar refractivity (Wildman–Crippen MR) is 81.2 cm³/mol. The van der Waals surface area contributed by atoms with E-state index in [4.69, 9.17) is 4.74 Å². The van der Waals surface area contributed by atoms with E-state index in [1.807, 2.05) is 6.92 Å². The van der Waals surface area contributed by atoms with E-state index in [-0.39, 0.29) is 10.8 Å². The summed E-state index contributed by atoms with van der Waals surface area (Å²) < 4.78 is 4.93. The fourth-order valence-electron chi connectivity index (χ4n) is 1.99. The van der Waals surface area contributed by atoms with Crippen LogP contribution in [-0.2, 0) is 16.1 Å². The smallest absolute Gasteiger partial charge is 0.307 e.